The van der Waals surface area contributed by atoms with E-state index < -0.39 is 5.97 Å². The third-order valence-electron chi connectivity index (χ3n) is 2.95. The molecule has 3 aromatic rings. The van der Waals surface area contributed by atoms with Gasteiger partial charge in [-0.2, -0.15) is 5.10 Å². The lowest BCUT2D eigenvalue weighted by atomic mass is 10.1. The van der Waals surface area contributed by atoms with Gasteiger partial charge in [0, 0.05) is 17.1 Å². The first-order valence-corrected chi connectivity index (χ1v) is 6.07. The number of carboxylic acid groups (broad SMARTS) is 1. The molecule has 0 atom stereocenters. The van der Waals surface area contributed by atoms with E-state index in [-0.39, 0.29) is 17.3 Å². The maximum Gasteiger partial charge on any atom is 0.337 e. The second-order valence-corrected chi connectivity index (χ2v) is 4.36. The number of hydrogen-bond acceptors (Lipinski definition) is 4. The van der Waals surface area contributed by atoms with E-state index >= 15 is 0 Å². The number of aromatic carboxylic acids is 1. The lowest BCUT2D eigenvalue weighted by Crippen LogP contribution is -2.13. The summed E-state index contributed by atoms with van der Waals surface area (Å²) in [6.45, 7) is 0. The SMILES string of the molecule is O=C(O)c1ccc(NC(=O)c2ccc3[nH]ncc3c2)nc1. The Morgan fingerprint density at radius 2 is 1.90 bits per heavy atom. The maximum atomic E-state index is 12.1. The van der Waals surface area contributed by atoms with Crippen LogP contribution in [-0.4, -0.2) is 32.2 Å². The van der Waals surface area contributed by atoms with Crippen LogP contribution < -0.4 is 5.32 Å². The highest BCUT2D eigenvalue weighted by molar-refractivity contribution is 6.05. The van der Waals surface area contributed by atoms with Crippen LogP contribution in [0, 0.1) is 0 Å². The minimum absolute atomic E-state index is 0.0628. The number of hydrogen-bond donors (Lipinski definition) is 3. The molecule has 0 bridgehead atoms. The third-order valence-corrected chi connectivity index (χ3v) is 2.95. The highest BCUT2D eigenvalue weighted by Crippen LogP contribution is 2.14. The molecular formula is C14H10N4O3. The average Bonchev–Trinajstić information content (AvgIpc) is 2.95. The molecule has 104 valence electrons. The molecule has 0 saturated carbocycles. The van der Waals surface area contributed by atoms with E-state index in [1.165, 1.54) is 18.3 Å². The molecule has 0 fully saturated rings. The third kappa shape index (κ3) is 2.57. The van der Waals surface area contributed by atoms with E-state index in [9.17, 15) is 9.59 Å². The van der Waals surface area contributed by atoms with Gasteiger partial charge in [-0.05, 0) is 30.3 Å². The van der Waals surface area contributed by atoms with Crippen molar-refractivity contribution in [2.45, 2.75) is 0 Å². The number of aromatic amines is 1. The molecule has 0 unspecified atom stereocenters. The lowest BCUT2D eigenvalue weighted by Gasteiger charge is -2.04. The molecule has 0 aliphatic heterocycles. The summed E-state index contributed by atoms with van der Waals surface area (Å²) in [5.41, 5.74) is 1.37. The van der Waals surface area contributed by atoms with Crippen LogP contribution in [0.4, 0.5) is 5.82 Å². The fourth-order valence-corrected chi connectivity index (χ4v) is 1.87. The van der Waals surface area contributed by atoms with Crippen molar-refractivity contribution < 1.29 is 14.7 Å². The van der Waals surface area contributed by atoms with Gasteiger partial charge in [0.25, 0.3) is 5.91 Å². The van der Waals surface area contributed by atoms with E-state index in [2.05, 4.69) is 20.5 Å². The quantitative estimate of drug-likeness (QED) is 0.680. The summed E-state index contributed by atoms with van der Waals surface area (Å²) in [7, 11) is 0. The average molecular weight is 282 g/mol. The fourth-order valence-electron chi connectivity index (χ4n) is 1.87. The van der Waals surface area contributed by atoms with E-state index in [0.717, 1.165) is 10.9 Å². The number of carbonyl (C=O) groups excluding carboxylic acids is 1. The van der Waals surface area contributed by atoms with Crippen molar-refractivity contribution in [1.29, 1.82) is 0 Å². The molecule has 1 amide bonds. The topological polar surface area (TPSA) is 108 Å². The smallest absolute Gasteiger partial charge is 0.337 e. The Balaban J connectivity index is 1.80. The number of H-pyrrole nitrogens is 1. The van der Waals surface area contributed by atoms with Crippen molar-refractivity contribution in [2.24, 2.45) is 0 Å². The first kappa shape index (κ1) is 12.8. The number of carbonyl (C=O) groups is 2. The van der Waals surface area contributed by atoms with E-state index in [1.54, 1.807) is 24.4 Å². The minimum atomic E-state index is -1.06. The Morgan fingerprint density at radius 1 is 1.10 bits per heavy atom. The molecule has 0 spiro atoms. The zero-order chi connectivity index (χ0) is 14.8. The van der Waals surface area contributed by atoms with Gasteiger partial charge in [-0.15, -0.1) is 0 Å². The molecule has 0 aliphatic carbocycles. The zero-order valence-corrected chi connectivity index (χ0v) is 10.7. The predicted molar refractivity (Wildman–Crippen MR) is 75.2 cm³/mol. The van der Waals surface area contributed by atoms with E-state index in [4.69, 9.17) is 5.11 Å². The van der Waals surface area contributed by atoms with Crippen LogP contribution in [0.15, 0.2) is 42.7 Å². The van der Waals surface area contributed by atoms with Gasteiger partial charge >= 0.3 is 5.97 Å². The van der Waals surface area contributed by atoms with Gasteiger partial charge in [0.2, 0.25) is 0 Å². The summed E-state index contributed by atoms with van der Waals surface area (Å²) in [5.74, 6) is -1.10. The highest BCUT2D eigenvalue weighted by Gasteiger charge is 2.09. The summed E-state index contributed by atoms with van der Waals surface area (Å²) < 4.78 is 0. The Hall–Kier alpha value is -3.22. The number of fused-ring (bicyclic) bond motifs is 1. The van der Waals surface area contributed by atoms with Crippen molar-refractivity contribution >= 4 is 28.6 Å². The summed E-state index contributed by atoms with van der Waals surface area (Å²) in [4.78, 5) is 26.7. The van der Waals surface area contributed by atoms with Crippen LogP contribution >= 0.6 is 0 Å². The number of benzene rings is 1. The van der Waals surface area contributed by atoms with Crippen LogP contribution in [0.1, 0.15) is 20.7 Å². The van der Waals surface area contributed by atoms with Gasteiger partial charge in [0.1, 0.15) is 5.82 Å². The van der Waals surface area contributed by atoms with Gasteiger partial charge in [-0.3, -0.25) is 9.89 Å². The van der Waals surface area contributed by atoms with Crippen LogP contribution in [0.3, 0.4) is 0 Å². The largest absolute Gasteiger partial charge is 0.478 e. The summed E-state index contributed by atoms with van der Waals surface area (Å²) in [6.07, 6.45) is 2.82. The van der Waals surface area contributed by atoms with Gasteiger partial charge in [-0.1, -0.05) is 0 Å². The molecule has 3 N–H and O–H groups in total. The monoisotopic (exact) mass is 282 g/mol. The molecule has 2 aromatic heterocycles. The first-order valence-electron chi connectivity index (χ1n) is 6.07. The number of nitrogens with zero attached hydrogens (tertiary/aromatic N) is 2. The second kappa shape index (κ2) is 5.04. The zero-order valence-electron chi connectivity index (χ0n) is 10.7. The van der Waals surface area contributed by atoms with Crippen molar-refractivity contribution in [3.05, 3.63) is 53.9 Å². The fraction of sp³-hybridized carbons (Fsp3) is 0. The van der Waals surface area contributed by atoms with Crippen molar-refractivity contribution in [3.63, 3.8) is 0 Å². The molecule has 7 heteroatoms. The first-order chi connectivity index (χ1) is 10.1. The number of pyridine rings is 1. The molecule has 0 saturated heterocycles. The highest BCUT2D eigenvalue weighted by atomic mass is 16.4. The van der Waals surface area contributed by atoms with Crippen LogP contribution in [0.2, 0.25) is 0 Å². The molecule has 2 heterocycles. The molecule has 0 radical (unpaired) electrons. The number of anilines is 1. The van der Waals surface area contributed by atoms with Gasteiger partial charge in [0.15, 0.2) is 0 Å². The Labute approximate surface area is 118 Å². The van der Waals surface area contributed by atoms with Gasteiger partial charge < -0.3 is 10.4 Å². The van der Waals surface area contributed by atoms with Gasteiger partial charge in [-0.25, -0.2) is 9.78 Å². The van der Waals surface area contributed by atoms with Crippen LogP contribution in [0.25, 0.3) is 10.9 Å². The Morgan fingerprint density at radius 3 is 2.62 bits per heavy atom. The normalized spacial score (nSPS) is 10.5. The van der Waals surface area contributed by atoms with Crippen molar-refractivity contribution in [3.8, 4) is 0 Å². The van der Waals surface area contributed by atoms with Gasteiger partial charge in [0.05, 0.1) is 17.3 Å². The number of aromatic nitrogens is 3. The summed E-state index contributed by atoms with van der Waals surface area (Å²) >= 11 is 0. The van der Waals surface area contributed by atoms with E-state index in [1.807, 2.05) is 0 Å². The van der Waals surface area contributed by atoms with Crippen LogP contribution in [-0.2, 0) is 0 Å². The van der Waals surface area contributed by atoms with Crippen molar-refractivity contribution in [2.75, 3.05) is 5.32 Å². The maximum absolute atomic E-state index is 12.1. The molecular weight excluding hydrogens is 272 g/mol. The molecule has 0 aliphatic rings. The number of amides is 1. The Bertz CT molecular complexity index is 824. The van der Waals surface area contributed by atoms with Crippen LogP contribution in [0.5, 0.6) is 0 Å². The summed E-state index contributed by atoms with van der Waals surface area (Å²) in [6, 6.07) is 7.96. The summed E-state index contributed by atoms with van der Waals surface area (Å²) in [5, 5.41) is 18.9. The molecule has 1 aromatic carbocycles. The van der Waals surface area contributed by atoms with Crippen molar-refractivity contribution in [1.82, 2.24) is 15.2 Å². The van der Waals surface area contributed by atoms with E-state index in [0.29, 0.717) is 5.56 Å². The molecule has 21 heavy (non-hydrogen) atoms. The lowest BCUT2D eigenvalue weighted by molar-refractivity contribution is 0.0696. The standard InChI is InChI=1S/C14H10N4O3/c19-13(8-1-3-11-10(5-8)7-16-18-11)17-12-4-2-9(6-15-12)14(20)21/h1-7H,(H,16,18)(H,20,21)(H,15,17,19). The Kier molecular flexibility index (Phi) is 3.07. The number of rotatable bonds is 3. The molecule has 7 nitrogen and oxygen atoms in total. The number of carboxylic acids is 1. The molecule has 3 rings (SSSR count). The minimum Gasteiger partial charge on any atom is -0.478 e. The second-order valence-electron chi connectivity index (χ2n) is 4.36. The number of nitrogens with one attached hydrogen (secondary N) is 2. The predicted octanol–water partition coefficient (Wildman–Crippen LogP) is 1.91.